The summed E-state index contributed by atoms with van der Waals surface area (Å²) in [4.78, 5) is 0.289. The van der Waals surface area contributed by atoms with Crippen LogP contribution in [0.3, 0.4) is 0 Å². The zero-order chi connectivity index (χ0) is 23.4. The summed E-state index contributed by atoms with van der Waals surface area (Å²) in [5.41, 5.74) is 1.02. The van der Waals surface area contributed by atoms with Gasteiger partial charge in [-0.2, -0.15) is 0 Å². The molecule has 32 heavy (non-hydrogen) atoms. The number of rotatable bonds is 7. The molecule has 0 spiro atoms. The first-order chi connectivity index (χ1) is 15.1. The van der Waals surface area contributed by atoms with Gasteiger partial charge >= 0.3 is 0 Å². The van der Waals surface area contributed by atoms with Crippen LogP contribution in [0.5, 0.6) is 0 Å². The smallest absolute Gasteiger partial charge is 0.261 e. The van der Waals surface area contributed by atoms with Crippen molar-refractivity contribution in [3.8, 4) is 0 Å². The van der Waals surface area contributed by atoms with Crippen LogP contribution in [0.25, 0.3) is 0 Å². The van der Waals surface area contributed by atoms with Crippen LogP contribution in [-0.2, 0) is 14.3 Å². The topological polar surface area (TPSA) is 43.4 Å². The van der Waals surface area contributed by atoms with Crippen molar-refractivity contribution in [3.05, 3.63) is 102 Å². The lowest BCUT2D eigenvalue weighted by Crippen LogP contribution is -2.67. The minimum Gasteiger partial charge on any atom is -0.401 e. The molecule has 0 heterocycles. The van der Waals surface area contributed by atoms with Crippen LogP contribution < -0.4 is 10.4 Å². The molecule has 0 aliphatic carbocycles. The van der Waals surface area contributed by atoms with Gasteiger partial charge in [-0.1, -0.05) is 99.1 Å². The molecular weight excluding hydrogens is 432 g/mol. The first kappa shape index (κ1) is 24.2. The first-order valence-corrected chi connectivity index (χ1v) is 14.3. The van der Waals surface area contributed by atoms with Crippen molar-refractivity contribution in [3.63, 3.8) is 0 Å². The van der Waals surface area contributed by atoms with Gasteiger partial charge in [0.2, 0.25) is 0 Å². The lowest BCUT2D eigenvalue weighted by atomic mass is 10.2. The van der Waals surface area contributed by atoms with Crippen LogP contribution in [-0.4, -0.2) is 22.8 Å². The molecule has 3 aromatic carbocycles. The van der Waals surface area contributed by atoms with E-state index in [0.29, 0.717) is 0 Å². The Morgan fingerprint density at radius 2 is 1.28 bits per heavy atom. The highest BCUT2D eigenvalue weighted by Crippen LogP contribution is 2.37. The molecule has 1 atom stereocenters. The van der Waals surface area contributed by atoms with Crippen LogP contribution in [0.1, 0.15) is 33.3 Å². The molecule has 0 aliphatic rings. The fourth-order valence-corrected chi connectivity index (χ4v) is 9.78. The maximum Gasteiger partial charge on any atom is 0.261 e. The monoisotopic (exact) mass is 464 g/mol. The van der Waals surface area contributed by atoms with Crippen molar-refractivity contribution in [2.24, 2.45) is 0 Å². The van der Waals surface area contributed by atoms with Crippen LogP contribution in [0.2, 0.25) is 5.04 Å². The summed E-state index contributed by atoms with van der Waals surface area (Å²) in [7, 11) is -6.28. The van der Waals surface area contributed by atoms with Gasteiger partial charge in [0.15, 0.2) is 9.84 Å². The fraction of sp³-hybridized carbons (Fsp3) is 0.259. The molecule has 5 heteroatoms. The molecule has 1 unspecified atom stereocenters. The largest absolute Gasteiger partial charge is 0.401 e. The summed E-state index contributed by atoms with van der Waals surface area (Å²) in [5.74, 6) is 0. The molecule has 0 N–H and O–H groups in total. The molecule has 0 bridgehead atoms. The Morgan fingerprint density at radius 3 is 1.72 bits per heavy atom. The minimum absolute atomic E-state index is 0.173. The first-order valence-electron chi connectivity index (χ1n) is 10.8. The Bertz CT molecular complexity index is 1110. The van der Waals surface area contributed by atoms with E-state index in [1.807, 2.05) is 62.4 Å². The quantitative estimate of drug-likeness (QED) is 0.449. The third-order valence-electron chi connectivity index (χ3n) is 5.66. The van der Waals surface area contributed by atoms with Gasteiger partial charge in [0.05, 0.1) is 11.0 Å². The van der Waals surface area contributed by atoms with E-state index in [9.17, 15) is 8.42 Å². The summed E-state index contributed by atoms with van der Waals surface area (Å²) >= 11 is 0. The van der Waals surface area contributed by atoms with E-state index in [1.54, 1.807) is 18.2 Å². The molecule has 0 fully saturated rings. The summed E-state index contributed by atoms with van der Waals surface area (Å²) in [6, 6.07) is 27.6. The highest BCUT2D eigenvalue weighted by atomic mass is 32.2. The predicted octanol–water partition coefficient (Wildman–Crippen LogP) is 5.25. The molecule has 0 saturated carbocycles. The zero-order valence-corrected chi connectivity index (χ0v) is 21.3. The Labute approximate surface area is 193 Å². The molecule has 3 nitrogen and oxygen atoms in total. The number of aryl methyl sites for hydroxylation is 1. The van der Waals surface area contributed by atoms with Gasteiger partial charge in [-0.25, -0.2) is 8.42 Å². The Hall–Kier alpha value is -2.47. The summed E-state index contributed by atoms with van der Waals surface area (Å²) in [5, 5.41) is 3.44. The molecule has 0 aromatic heterocycles. The molecule has 3 aromatic rings. The van der Waals surface area contributed by atoms with Crippen LogP contribution >= 0.6 is 0 Å². The number of hydrogen-bond donors (Lipinski definition) is 0. The lowest BCUT2D eigenvalue weighted by Gasteiger charge is -2.44. The van der Waals surface area contributed by atoms with E-state index in [0.717, 1.165) is 5.56 Å². The van der Waals surface area contributed by atoms with Crippen molar-refractivity contribution in [2.45, 2.75) is 50.7 Å². The average molecular weight is 465 g/mol. The summed E-state index contributed by atoms with van der Waals surface area (Å²) < 4.78 is 32.6. The third-order valence-corrected chi connectivity index (χ3v) is 12.2. The minimum atomic E-state index is -3.54. The maximum atomic E-state index is 12.8. The van der Waals surface area contributed by atoms with Crippen LogP contribution in [0, 0.1) is 6.92 Å². The lowest BCUT2D eigenvalue weighted by molar-refractivity contribution is 0.252. The van der Waals surface area contributed by atoms with E-state index in [1.165, 1.54) is 15.8 Å². The van der Waals surface area contributed by atoms with Crippen molar-refractivity contribution < 1.29 is 12.8 Å². The highest BCUT2D eigenvalue weighted by molar-refractivity contribution is 7.94. The van der Waals surface area contributed by atoms with Gasteiger partial charge in [0.1, 0.15) is 0 Å². The maximum absolute atomic E-state index is 12.8. The summed E-state index contributed by atoms with van der Waals surface area (Å²) in [6.07, 6.45) is 1.27. The standard InChI is InChI=1S/C27H32O3SSi/c1-22-16-18-24(19-17-22)31(28,29)21-20-23(2)30-32(27(3,4)5,25-12-8-6-9-13-25)26-14-10-7-11-15-26/h6-21,23H,1-5H3/b21-20-. The molecule has 0 amide bonds. The molecule has 0 aliphatic heterocycles. The number of benzene rings is 3. The van der Waals surface area contributed by atoms with Gasteiger partial charge < -0.3 is 4.43 Å². The normalized spacial score (nSPS) is 13.9. The van der Waals surface area contributed by atoms with E-state index in [4.69, 9.17) is 4.43 Å². The third kappa shape index (κ3) is 5.12. The van der Waals surface area contributed by atoms with E-state index in [-0.39, 0.29) is 16.0 Å². The molecular formula is C27H32O3SSi. The van der Waals surface area contributed by atoms with Gasteiger partial charge in [-0.15, -0.1) is 0 Å². The molecule has 3 rings (SSSR count). The van der Waals surface area contributed by atoms with Gasteiger partial charge in [0.25, 0.3) is 8.32 Å². The number of hydrogen-bond acceptors (Lipinski definition) is 3. The van der Waals surface area contributed by atoms with Crippen LogP contribution in [0.15, 0.2) is 101 Å². The van der Waals surface area contributed by atoms with Crippen molar-refractivity contribution >= 4 is 28.5 Å². The average Bonchev–Trinajstić information content (AvgIpc) is 2.77. The second-order valence-electron chi connectivity index (χ2n) is 9.17. The second kappa shape index (κ2) is 9.57. The van der Waals surface area contributed by atoms with Gasteiger partial charge in [-0.05, 0) is 47.5 Å². The summed E-state index contributed by atoms with van der Waals surface area (Å²) in [6.45, 7) is 10.5. The highest BCUT2D eigenvalue weighted by Gasteiger charge is 2.50. The van der Waals surface area contributed by atoms with Gasteiger partial charge in [-0.3, -0.25) is 0 Å². The zero-order valence-electron chi connectivity index (χ0n) is 19.4. The molecule has 0 saturated heterocycles. The Kier molecular flexibility index (Phi) is 7.23. The Morgan fingerprint density at radius 1 is 0.812 bits per heavy atom. The van der Waals surface area contributed by atoms with Gasteiger partial charge in [0, 0.05) is 5.41 Å². The van der Waals surface area contributed by atoms with E-state index < -0.39 is 18.2 Å². The Balaban J connectivity index is 2.02. The predicted molar refractivity (Wildman–Crippen MR) is 136 cm³/mol. The van der Waals surface area contributed by atoms with E-state index in [2.05, 4.69) is 45.0 Å². The molecule has 168 valence electrons. The van der Waals surface area contributed by atoms with Crippen molar-refractivity contribution in [2.75, 3.05) is 0 Å². The van der Waals surface area contributed by atoms with Crippen LogP contribution in [0.4, 0.5) is 0 Å². The fourth-order valence-electron chi connectivity index (χ4n) is 4.03. The van der Waals surface area contributed by atoms with E-state index >= 15 is 0 Å². The van der Waals surface area contributed by atoms with Crippen molar-refractivity contribution in [1.29, 1.82) is 0 Å². The number of sulfone groups is 1. The van der Waals surface area contributed by atoms with Crippen molar-refractivity contribution in [1.82, 2.24) is 0 Å². The SMILES string of the molecule is Cc1ccc(S(=O)(=O)/C=C\C(C)O[Si](c2ccccc2)(c2ccccc2)C(C)(C)C)cc1. The second-order valence-corrected chi connectivity index (χ2v) is 15.3. The molecule has 0 radical (unpaired) electrons.